The molecule has 184 valence electrons. The number of thioether (sulfide) groups is 1. The molecule has 9 heteroatoms. The number of carbonyl (C=O) groups excluding carboxylic acids is 1. The van der Waals surface area contributed by atoms with Gasteiger partial charge in [-0.25, -0.2) is 0 Å². The number of fused-ring (bicyclic) bond motifs is 3. The molecule has 1 aliphatic heterocycles. The topological polar surface area (TPSA) is 86.7 Å². The molecule has 0 spiro atoms. The van der Waals surface area contributed by atoms with Crippen LogP contribution in [0.2, 0.25) is 0 Å². The largest absolute Gasteiger partial charge is 0.497 e. The van der Waals surface area contributed by atoms with Gasteiger partial charge in [-0.2, -0.15) is 4.98 Å². The maximum Gasteiger partial charge on any atom is 0.247 e. The number of unbranched alkanes of at least 4 members (excludes halogenated alkanes) is 1. The second-order valence-corrected chi connectivity index (χ2v) is 9.46. The van der Waals surface area contributed by atoms with Gasteiger partial charge in [0.25, 0.3) is 0 Å². The lowest BCUT2D eigenvalue weighted by Gasteiger charge is -2.32. The Kier molecular flexibility index (Phi) is 7.45. The van der Waals surface area contributed by atoms with E-state index in [0.29, 0.717) is 39.5 Å². The second kappa shape index (κ2) is 10.5. The second-order valence-electron chi connectivity index (χ2n) is 8.40. The molecule has 0 N–H and O–H groups in total. The average Bonchev–Trinajstić information content (AvgIpc) is 2.98. The van der Waals surface area contributed by atoms with Crippen LogP contribution < -0.4 is 19.1 Å². The van der Waals surface area contributed by atoms with Crippen molar-refractivity contribution in [2.24, 2.45) is 0 Å². The van der Waals surface area contributed by atoms with Gasteiger partial charge in [-0.3, -0.25) is 9.69 Å². The van der Waals surface area contributed by atoms with E-state index in [9.17, 15) is 4.79 Å². The molecule has 35 heavy (non-hydrogen) atoms. The van der Waals surface area contributed by atoms with E-state index in [4.69, 9.17) is 19.2 Å². The Hall–Kier alpha value is -3.33. The summed E-state index contributed by atoms with van der Waals surface area (Å²) in [7, 11) is 3.18. The predicted octanol–water partition coefficient (Wildman–Crippen LogP) is 5.51. The van der Waals surface area contributed by atoms with Gasteiger partial charge in [0.05, 0.1) is 25.5 Å². The van der Waals surface area contributed by atoms with E-state index in [1.807, 2.05) is 32.0 Å². The number of amides is 1. The molecule has 0 saturated carbocycles. The molecule has 3 aromatic rings. The fraction of sp³-hybridized carbons (Fsp3) is 0.385. The van der Waals surface area contributed by atoms with Gasteiger partial charge in [0.2, 0.25) is 23.2 Å². The molecular formula is C26H30N4O4S. The first-order chi connectivity index (χ1) is 16.9. The third kappa shape index (κ3) is 4.91. The highest BCUT2D eigenvalue weighted by Gasteiger charge is 2.37. The van der Waals surface area contributed by atoms with E-state index in [0.717, 1.165) is 35.3 Å². The summed E-state index contributed by atoms with van der Waals surface area (Å²) in [5, 5.41) is 9.43. The first kappa shape index (κ1) is 24.8. The Labute approximate surface area is 210 Å². The van der Waals surface area contributed by atoms with Gasteiger partial charge in [-0.15, -0.1) is 10.2 Å². The highest BCUT2D eigenvalue weighted by Crippen LogP contribution is 2.47. The molecule has 0 fully saturated rings. The van der Waals surface area contributed by atoms with E-state index < -0.39 is 6.23 Å². The standard InChI is InChI=1S/C26H30N4O4S/c1-7-8-11-35-26-27-24-22(28-29-26)20-13-15(2)12-16(3)23(20)30(17(4)31)25(34-24)19-14-18(32-5)9-10-21(19)33-6/h9-10,12-14,25H,7-8,11H2,1-6H3/t25-/m0/s1. The predicted molar refractivity (Wildman–Crippen MR) is 136 cm³/mol. The minimum Gasteiger partial charge on any atom is -0.497 e. The van der Waals surface area contributed by atoms with Gasteiger partial charge in [0, 0.05) is 18.2 Å². The van der Waals surface area contributed by atoms with Gasteiger partial charge >= 0.3 is 0 Å². The molecule has 1 aromatic heterocycles. The van der Waals surface area contributed by atoms with Crippen molar-refractivity contribution in [3.05, 3.63) is 47.0 Å². The summed E-state index contributed by atoms with van der Waals surface area (Å²) in [6.45, 7) is 7.65. The first-order valence-electron chi connectivity index (χ1n) is 11.5. The Bertz CT molecular complexity index is 1250. The molecule has 1 aliphatic rings. The van der Waals surface area contributed by atoms with E-state index >= 15 is 0 Å². The molecule has 2 aromatic carbocycles. The Morgan fingerprint density at radius 3 is 2.63 bits per heavy atom. The highest BCUT2D eigenvalue weighted by atomic mass is 32.2. The quantitative estimate of drug-likeness (QED) is 0.314. The maximum absolute atomic E-state index is 13.2. The van der Waals surface area contributed by atoms with Crippen LogP contribution in [-0.2, 0) is 4.79 Å². The lowest BCUT2D eigenvalue weighted by molar-refractivity contribution is -0.118. The Balaban J connectivity index is 1.97. The number of carbonyl (C=O) groups is 1. The Morgan fingerprint density at radius 2 is 1.94 bits per heavy atom. The van der Waals surface area contributed by atoms with Crippen LogP contribution in [0.1, 0.15) is 49.6 Å². The molecule has 1 amide bonds. The number of benzene rings is 2. The smallest absolute Gasteiger partial charge is 0.247 e. The zero-order chi connectivity index (χ0) is 25.1. The molecule has 0 saturated heterocycles. The maximum atomic E-state index is 13.2. The lowest BCUT2D eigenvalue weighted by Crippen LogP contribution is -2.36. The fourth-order valence-corrected chi connectivity index (χ4v) is 5.07. The van der Waals surface area contributed by atoms with E-state index in [1.54, 1.807) is 43.0 Å². The molecule has 0 aliphatic carbocycles. The number of aryl methyl sites for hydroxylation is 2. The summed E-state index contributed by atoms with van der Waals surface area (Å²) < 4.78 is 17.6. The molecule has 8 nitrogen and oxygen atoms in total. The van der Waals surface area contributed by atoms with Crippen molar-refractivity contribution in [1.29, 1.82) is 0 Å². The van der Waals surface area contributed by atoms with E-state index in [1.165, 1.54) is 6.92 Å². The van der Waals surface area contributed by atoms with Crippen molar-refractivity contribution >= 4 is 23.4 Å². The van der Waals surface area contributed by atoms with Gasteiger partial charge in [-0.05, 0) is 50.1 Å². The SMILES string of the molecule is CCCCSc1nnc2c(n1)O[C@@H](c1cc(OC)ccc1OC)N(C(C)=O)c1c(C)cc(C)cc1-2. The zero-order valence-electron chi connectivity index (χ0n) is 20.9. The molecule has 2 heterocycles. The van der Waals surface area contributed by atoms with Crippen LogP contribution in [0.5, 0.6) is 17.4 Å². The van der Waals surface area contributed by atoms with Crippen LogP contribution in [0.15, 0.2) is 35.5 Å². The summed E-state index contributed by atoms with van der Waals surface area (Å²) in [6, 6.07) is 9.45. The van der Waals surface area contributed by atoms with Crippen molar-refractivity contribution in [3.8, 4) is 28.6 Å². The summed E-state index contributed by atoms with van der Waals surface area (Å²) in [5.74, 6) is 2.21. The summed E-state index contributed by atoms with van der Waals surface area (Å²) in [6.07, 6.45) is 1.28. The lowest BCUT2D eigenvalue weighted by atomic mass is 10.00. The van der Waals surface area contributed by atoms with Crippen molar-refractivity contribution in [2.45, 2.75) is 51.9 Å². The molecular weight excluding hydrogens is 464 g/mol. The van der Waals surface area contributed by atoms with Gasteiger partial charge in [0.15, 0.2) is 5.69 Å². The van der Waals surface area contributed by atoms with E-state index in [-0.39, 0.29) is 5.91 Å². The normalized spacial score (nSPS) is 14.5. The van der Waals surface area contributed by atoms with Crippen molar-refractivity contribution in [1.82, 2.24) is 15.2 Å². The van der Waals surface area contributed by atoms with Gasteiger partial charge in [-0.1, -0.05) is 36.7 Å². The number of methoxy groups -OCH3 is 2. The number of anilines is 1. The summed E-state index contributed by atoms with van der Waals surface area (Å²) >= 11 is 1.54. The van der Waals surface area contributed by atoms with Crippen molar-refractivity contribution in [3.63, 3.8) is 0 Å². The third-order valence-electron chi connectivity index (χ3n) is 5.81. The van der Waals surface area contributed by atoms with Crippen LogP contribution in [0.4, 0.5) is 5.69 Å². The minimum atomic E-state index is -0.857. The monoisotopic (exact) mass is 494 g/mol. The third-order valence-corrected chi connectivity index (χ3v) is 6.73. The van der Waals surface area contributed by atoms with Crippen molar-refractivity contribution < 1.29 is 19.0 Å². The highest BCUT2D eigenvalue weighted by molar-refractivity contribution is 7.99. The molecule has 0 radical (unpaired) electrons. The van der Waals surface area contributed by atoms with Crippen LogP contribution in [0.25, 0.3) is 11.3 Å². The van der Waals surface area contributed by atoms with Gasteiger partial charge in [0.1, 0.15) is 11.5 Å². The number of ether oxygens (including phenoxy) is 3. The van der Waals surface area contributed by atoms with Crippen LogP contribution in [0.3, 0.4) is 0 Å². The fourth-order valence-electron chi connectivity index (χ4n) is 4.21. The first-order valence-corrected chi connectivity index (χ1v) is 12.5. The molecule has 0 bridgehead atoms. The Morgan fingerprint density at radius 1 is 1.14 bits per heavy atom. The van der Waals surface area contributed by atoms with Crippen LogP contribution in [0, 0.1) is 13.8 Å². The molecule has 4 rings (SSSR count). The van der Waals surface area contributed by atoms with Gasteiger partial charge < -0.3 is 14.2 Å². The number of aromatic nitrogens is 3. The zero-order valence-corrected chi connectivity index (χ0v) is 21.7. The molecule has 0 unspecified atom stereocenters. The van der Waals surface area contributed by atoms with Crippen LogP contribution in [-0.4, -0.2) is 41.1 Å². The number of nitrogens with zero attached hydrogens (tertiary/aromatic N) is 4. The molecule has 1 atom stereocenters. The van der Waals surface area contributed by atoms with Crippen LogP contribution >= 0.6 is 11.8 Å². The average molecular weight is 495 g/mol. The summed E-state index contributed by atoms with van der Waals surface area (Å²) in [4.78, 5) is 19.6. The van der Waals surface area contributed by atoms with E-state index in [2.05, 4.69) is 17.1 Å². The summed E-state index contributed by atoms with van der Waals surface area (Å²) in [5.41, 5.74) is 4.56. The minimum absolute atomic E-state index is 0.189. The number of hydrogen-bond acceptors (Lipinski definition) is 8. The number of rotatable bonds is 7. The van der Waals surface area contributed by atoms with Crippen molar-refractivity contribution in [2.75, 3.05) is 24.9 Å². The number of hydrogen-bond donors (Lipinski definition) is 0.